The van der Waals surface area contributed by atoms with Gasteiger partial charge in [-0.05, 0) is 56.1 Å². The second kappa shape index (κ2) is 11.3. The van der Waals surface area contributed by atoms with Crippen LogP contribution < -0.4 is 4.74 Å². The van der Waals surface area contributed by atoms with Crippen molar-refractivity contribution in [3.8, 4) is 5.75 Å². The topological polar surface area (TPSA) is 27.7 Å². The van der Waals surface area contributed by atoms with E-state index in [2.05, 4.69) is 6.92 Å². The first-order chi connectivity index (χ1) is 14.1. The third-order valence-corrected chi connectivity index (χ3v) is 6.50. The Morgan fingerprint density at radius 3 is 2.38 bits per heavy atom. The zero-order valence-electron chi connectivity index (χ0n) is 17.9. The minimum absolute atomic E-state index is 0.0314. The van der Waals surface area contributed by atoms with Gasteiger partial charge >= 0.3 is 0 Å². The van der Waals surface area contributed by atoms with E-state index >= 15 is 0 Å². The van der Waals surface area contributed by atoms with Crippen molar-refractivity contribution in [3.63, 3.8) is 0 Å². The SMILES string of the molecule is CCCCC1CCC(COC2CCC(c3ccc(OCC)c(F)c3F)CO2)CC1. The van der Waals surface area contributed by atoms with Gasteiger partial charge in [-0.15, -0.1) is 0 Å². The van der Waals surface area contributed by atoms with Crippen molar-refractivity contribution in [1.29, 1.82) is 0 Å². The fraction of sp³-hybridized carbons (Fsp3) is 0.750. The molecule has 2 atom stereocenters. The predicted molar refractivity (Wildman–Crippen MR) is 110 cm³/mol. The van der Waals surface area contributed by atoms with Crippen LogP contribution in [-0.4, -0.2) is 26.1 Å². The van der Waals surface area contributed by atoms with E-state index in [1.165, 1.54) is 51.0 Å². The van der Waals surface area contributed by atoms with Gasteiger partial charge in [0.25, 0.3) is 0 Å². The Labute approximate surface area is 174 Å². The summed E-state index contributed by atoms with van der Waals surface area (Å²) in [6, 6.07) is 3.13. The Balaban J connectivity index is 1.40. The predicted octanol–water partition coefficient (Wildman–Crippen LogP) is 6.60. The van der Waals surface area contributed by atoms with Crippen LogP contribution in [0, 0.1) is 23.5 Å². The van der Waals surface area contributed by atoms with Gasteiger partial charge in [-0.25, -0.2) is 4.39 Å². The lowest BCUT2D eigenvalue weighted by molar-refractivity contribution is -0.175. The van der Waals surface area contributed by atoms with Crippen LogP contribution in [0.3, 0.4) is 0 Å². The van der Waals surface area contributed by atoms with Crippen LogP contribution in [0.5, 0.6) is 5.75 Å². The largest absolute Gasteiger partial charge is 0.491 e. The maximum Gasteiger partial charge on any atom is 0.200 e. The smallest absolute Gasteiger partial charge is 0.200 e. The molecule has 0 bridgehead atoms. The highest BCUT2D eigenvalue weighted by atomic mass is 19.2. The van der Waals surface area contributed by atoms with Gasteiger partial charge in [0.15, 0.2) is 17.9 Å². The highest BCUT2D eigenvalue weighted by Crippen LogP contribution is 2.35. The summed E-state index contributed by atoms with van der Waals surface area (Å²) in [7, 11) is 0. The van der Waals surface area contributed by atoms with Gasteiger partial charge in [0, 0.05) is 5.92 Å². The van der Waals surface area contributed by atoms with Crippen LogP contribution in [0.2, 0.25) is 0 Å². The zero-order valence-corrected chi connectivity index (χ0v) is 17.9. The molecular weight excluding hydrogens is 374 g/mol. The lowest BCUT2D eigenvalue weighted by Crippen LogP contribution is -2.30. The van der Waals surface area contributed by atoms with Gasteiger partial charge in [-0.2, -0.15) is 4.39 Å². The molecule has 1 aliphatic carbocycles. The molecule has 5 heteroatoms. The average Bonchev–Trinajstić information content (AvgIpc) is 2.75. The number of unbranched alkanes of at least 4 members (excludes halogenated alkanes) is 1. The molecule has 2 unspecified atom stereocenters. The Kier molecular flexibility index (Phi) is 8.73. The standard InChI is InChI=1S/C24H36F2O3/c1-3-5-6-17-7-9-18(10-8-17)15-28-22-14-11-19(16-29-22)20-12-13-21(27-4-2)24(26)23(20)25/h12-13,17-19,22H,3-11,14-16H2,1-2H3. The Morgan fingerprint density at radius 1 is 0.966 bits per heavy atom. The number of hydrogen-bond donors (Lipinski definition) is 0. The van der Waals surface area contributed by atoms with Crippen LogP contribution >= 0.6 is 0 Å². The summed E-state index contributed by atoms with van der Waals surface area (Å²) in [5.41, 5.74) is 0.370. The van der Waals surface area contributed by atoms with Crippen LogP contribution in [0.15, 0.2) is 12.1 Å². The normalized spacial score (nSPS) is 27.7. The molecule has 0 spiro atoms. The third-order valence-electron chi connectivity index (χ3n) is 6.50. The molecule has 1 aromatic rings. The number of ether oxygens (including phenoxy) is 3. The monoisotopic (exact) mass is 410 g/mol. The molecule has 164 valence electrons. The zero-order chi connectivity index (χ0) is 20.6. The Hall–Kier alpha value is -1.20. The minimum atomic E-state index is -0.905. The van der Waals surface area contributed by atoms with E-state index in [1.54, 1.807) is 13.0 Å². The van der Waals surface area contributed by atoms with Crippen molar-refractivity contribution in [1.82, 2.24) is 0 Å². The number of rotatable bonds is 9. The lowest BCUT2D eigenvalue weighted by Gasteiger charge is -2.32. The quantitative estimate of drug-likeness (QED) is 0.459. The van der Waals surface area contributed by atoms with Crippen molar-refractivity contribution in [2.75, 3.05) is 19.8 Å². The maximum atomic E-state index is 14.4. The summed E-state index contributed by atoms with van der Waals surface area (Å²) in [6.45, 7) is 5.43. The molecule has 1 saturated heterocycles. The molecule has 1 aromatic carbocycles. The average molecular weight is 411 g/mol. The fourth-order valence-electron chi connectivity index (χ4n) is 4.66. The number of benzene rings is 1. The van der Waals surface area contributed by atoms with Crippen molar-refractivity contribution in [2.45, 2.75) is 83.8 Å². The fourth-order valence-corrected chi connectivity index (χ4v) is 4.66. The van der Waals surface area contributed by atoms with Crippen LogP contribution in [0.4, 0.5) is 8.78 Å². The maximum absolute atomic E-state index is 14.4. The van der Waals surface area contributed by atoms with Crippen molar-refractivity contribution >= 4 is 0 Å². The van der Waals surface area contributed by atoms with Gasteiger partial charge in [0.1, 0.15) is 0 Å². The second-order valence-electron chi connectivity index (χ2n) is 8.61. The van der Waals surface area contributed by atoms with Gasteiger partial charge in [0.05, 0.1) is 19.8 Å². The molecule has 1 saturated carbocycles. The third kappa shape index (κ3) is 6.14. The minimum Gasteiger partial charge on any atom is -0.491 e. The van der Waals surface area contributed by atoms with Crippen LogP contribution in [0.1, 0.15) is 83.1 Å². The highest BCUT2D eigenvalue weighted by molar-refractivity contribution is 5.33. The summed E-state index contributed by atoms with van der Waals surface area (Å²) < 4.78 is 45.5. The first-order valence-electron chi connectivity index (χ1n) is 11.5. The number of hydrogen-bond acceptors (Lipinski definition) is 3. The summed E-state index contributed by atoms with van der Waals surface area (Å²) in [5, 5.41) is 0. The Bertz CT molecular complexity index is 621. The molecule has 1 heterocycles. The molecule has 0 N–H and O–H groups in total. The molecule has 3 rings (SSSR count). The number of halogens is 2. The van der Waals surface area contributed by atoms with E-state index < -0.39 is 11.6 Å². The van der Waals surface area contributed by atoms with Crippen molar-refractivity contribution < 1.29 is 23.0 Å². The van der Waals surface area contributed by atoms with Crippen molar-refractivity contribution in [2.24, 2.45) is 11.8 Å². The highest BCUT2D eigenvalue weighted by Gasteiger charge is 2.29. The molecule has 2 aliphatic rings. The van der Waals surface area contributed by atoms with Gasteiger partial charge in [-0.1, -0.05) is 45.1 Å². The van der Waals surface area contributed by atoms with Crippen LogP contribution in [-0.2, 0) is 9.47 Å². The molecule has 0 amide bonds. The van der Waals surface area contributed by atoms with E-state index in [1.807, 2.05) is 0 Å². The van der Waals surface area contributed by atoms with Crippen molar-refractivity contribution in [3.05, 3.63) is 29.3 Å². The van der Waals surface area contributed by atoms with E-state index in [4.69, 9.17) is 14.2 Å². The molecule has 1 aliphatic heterocycles. The van der Waals surface area contributed by atoms with Gasteiger partial charge in [0.2, 0.25) is 5.82 Å². The van der Waals surface area contributed by atoms with E-state index in [-0.39, 0.29) is 18.0 Å². The first-order valence-corrected chi connectivity index (χ1v) is 11.5. The van der Waals surface area contributed by atoms with E-state index in [0.29, 0.717) is 31.1 Å². The molecule has 29 heavy (non-hydrogen) atoms. The molecule has 0 radical (unpaired) electrons. The van der Waals surface area contributed by atoms with Gasteiger partial charge in [-0.3, -0.25) is 0 Å². The van der Waals surface area contributed by atoms with Crippen LogP contribution in [0.25, 0.3) is 0 Å². The molecule has 2 fully saturated rings. The summed E-state index contributed by atoms with van der Waals surface area (Å²) in [5.74, 6) is -0.361. The Morgan fingerprint density at radius 2 is 1.72 bits per heavy atom. The summed E-state index contributed by atoms with van der Waals surface area (Å²) in [6.07, 6.45) is 10.4. The second-order valence-corrected chi connectivity index (χ2v) is 8.61. The summed E-state index contributed by atoms with van der Waals surface area (Å²) in [4.78, 5) is 0. The molecule has 3 nitrogen and oxygen atoms in total. The van der Waals surface area contributed by atoms with E-state index in [9.17, 15) is 8.78 Å². The molecule has 0 aromatic heterocycles. The first kappa shape index (κ1) is 22.5. The lowest BCUT2D eigenvalue weighted by atomic mass is 9.80. The molecular formula is C24H36F2O3. The van der Waals surface area contributed by atoms with Gasteiger partial charge < -0.3 is 14.2 Å². The summed E-state index contributed by atoms with van der Waals surface area (Å²) >= 11 is 0. The van der Waals surface area contributed by atoms with E-state index in [0.717, 1.165) is 18.9 Å².